The summed E-state index contributed by atoms with van der Waals surface area (Å²) in [5.41, 5.74) is 11.1. The number of benzene rings is 2. The molecule has 0 spiro atoms. The number of fused-ring (bicyclic) bond motifs is 2. The summed E-state index contributed by atoms with van der Waals surface area (Å²) < 4.78 is 4.49. The van der Waals surface area contributed by atoms with Crippen LogP contribution in [0.3, 0.4) is 0 Å². The van der Waals surface area contributed by atoms with Gasteiger partial charge < -0.3 is 9.13 Å². The molecule has 0 bridgehead atoms. The number of hydrazine groups is 1. The van der Waals surface area contributed by atoms with Gasteiger partial charge in [0, 0.05) is 48.0 Å². The van der Waals surface area contributed by atoms with Crippen molar-refractivity contribution < 1.29 is 0 Å². The minimum absolute atomic E-state index is 0.399. The Bertz CT molecular complexity index is 2600. The van der Waals surface area contributed by atoms with E-state index >= 15 is 0 Å². The van der Waals surface area contributed by atoms with Crippen LogP contribution < -0.4 is 10.0 Å². The smallest absolute Gasteiger partial charge is 0.171 e. The first-order chi connectivity index (χ1) is 27.2. The molecule has 0 aliphatic carbocycles. The predicted octanol–water partition coefficient (Wildman–Crippen LogP) is 11.6. The van der Waals surface area contributed by atoms with Gasteiger partial charge in [0.15, 0.2) is 11.6 Å². The van der Waals surface area contributed by atoms with Crippen molar-refractivity contribution in [2.24, 2.45) is 0 Å². The third kappa shape index (κ3) is 6.73. The third-order valence-electron chi connectivity index (χ3n) is 9.89. The minimum Gasteiger partial charge on any atom is -0.324 e. The molecule has 0 aliphatic heterocycles. The monoisotopic (exact) mass is 780 g/mol. The number of rotatable bonds is 11. The van der Waals surface area contributed by atoms with Crippen molar-refractivity contribution in [2.75, 3.05) is 10.0 Å². The van der Waals surface area contributed by atoms with Gasteiger partial charge in [-0.25, -0.2) is 30.0 Å². The third-order valence-corrected chi connectivity index (χ3v) is 10.4. The predicted molar refractivity (Wildman–Crippen MR) is 228 cm³/mol. The van der Waals surface area contributed by atoms with Gasteiger partial charge in [0.2, 0.25) is 0 Å². The summed E-state index contributed by atoms with van der Waals surface area (Å²) >= 11 is 14.7. The van der Waals surface area contributed by atoms with Crippen molar-refractivity contribution >= 4 is 68.3 Å². The van der Waals surface area contributed by atoms with Crippen molar-refractivity contribution in [3.05, 3.63) is 130 Å². The van der Waals surface area contributed by atoms with Crippen LogP contribution in [0.1, 0.15) is 49.2 Å². The lowest BCUT2D eigenvalue weighted by molar-refractivity contribution is 0.703. The van der Waals surface area contributed by atoms with Crippen LogP contribution >= 0.6 is 23.2 Å². The number of hydrogen-bond donors (Lipinski definition) is 0. The number of para-hydroxylation sites is 2. The molecule has 0 fully saturated rings. The molecule has 0 aliphatic rings. The SMILES string of the molecule is CCCn1c(-c2cnc(N(c3ccc(C)nc3)N(c3ccc(C)nc3)c3ncc(-c4nc5cccc(C)c5n4CCC)cc3Cl)c(Cl)c2)nc2c(C)cccc21. The molecule has 0 atom stereocenters. The van der Waals surface area contributed by atoms with Gasteiger partial charge in [0.25, 0.3) is 0 Å². The van der Waals surface area contributed by atoms with E-state index in [1.165, 1.54) is 5.56 Å². The van der Waals surface area contributed by atoms with Crippen LogP contribution in [-0.2, 0) is 13.1 Å². The summed E-state index contributed by atoms with van der Waals surface area (Å²) in [5.74, 6) is 2.51. The zero-order valence-corrected chi connectivity index (χ0v) is 33.8. The molecule has 10 nitrogen and oxygen atoms in total. The number of nitrogens with zero attached hydrogens (tertiary/aromatic N) is 10. The number of hydrogen-bond acceptors (Lipinski definition) is 8. The van der Waals surface area contributed by atoms with Gasteiger partial charge in [-0.05, 0) is 100 Å². The van der Waals surface area contributed by atoms with Crippen LogP contribution in [0.25, 0.3) is 44.8 Å². The fourth-order valence-corrected chi connectivity index (χ4v) is 7.73. The van der Waals surface area contributed by atoms with Crippen molar-refractivity contribution in [1.82, 2.24) is 39.0 Å². The Labute approximate surface area is 336 Å². The largest absolute Gasteiger partial charge is 0.324 e. The van der Waals surface area contributed by atoms with Crippen molar-refractivity contribution in [2.45, 2.75) is 67.5 Å². The van der Waals surface area contributed by atoms with E-state index in [0.717, 1.165) is 87.7 Å². The number of anilines is 4. The summed E-state index contributed by atoms with van der Waals surface area (Å²) in [6.45, 7) is 14.0. The maximum Gasteiger partial charge on any atom is 0.171 e. The zero-order valence-electron chi connectivity index (χ0n) is 32.3. The van der Waals surface area contributed by atoms with Gasteiger partial charge in [-0.15, -0.1) is 0 Å². The van der Waals surface area contributed by atoms with Crippen LogP contribution in [0.5, 0.6) is 0 Å². The summed E-state index contributed by atoms with van der Waals surface area (Å²) in [4.78, 5) is 29.6. The normalized spacial score (nSPS) is 11.5. The van der Waals surface area contributed by atoms with E-state index in [4.69, 9.17) is 43.1 Å². The molecule has 12 heteroatoms. The molecule has 0 amide bonds. The maximum atomic E-state index is 7.33. The molecule has 56 heavy (non-hydrogen) atoms. The second-order valence-electron chi connectivity index (χ2n) is 14.1. The maximum absolute atomic E-state index is 7.33. The highest BCUT2D eigenvalue weighted by atomic mass is 35.5. The van der Waals surface area contributed by atoms with E-state index in [1.54, 1.807) is 12.4 Å². The molecule has 8 rings (SSSR count). The molecule has 0 radical (unpaired) electrons. The number of imidazole rings is 2. The Kier molecular flexibility index (Phi) is 10.2. The first-order valence-corrected chi connectivity index (χ1v) is 19.6. The van der Waals surface area contributed by atoms with Crippen molar-refractivity contribution in [3.8, 4) is 22.8 Å². The number of aryl methyl sites for hydroxylation is 6. The molecule has 0 N–H and O–H groups in total. The van der Waals surface area contributed by atoms with Gasteiger partial charge >= 0.3 is 0 Å². The quantitative estimate of drug-likeness (QED) is 0.120. The van der Waals surface area contributed by atoms with Crippen molar-refractivity contribution in [3.63, 3.8) is 0 Å². The lowest BCUT2D eigenvalue weighted by Gasteiger charge is -2.37. The Balaban J connectivity index is 1.30. The molecule has 282 valence electrons. The Morgan fingerprint density at radius 3 is 1.64 bits per heavy atom. The molecular weight excluding hydrogens is 739 g/mol. The molecule has 2 aromatic carbocycles. The number of halogens is 2. The van der Waals surface area contributed by atoms with E-state index in [0.29, 0.717) is 33.1 Å². The Hall–Kier alpha value is -5.84. The first-order valence-electron chi connectivity index (χ1n) is 18.9. The molecule has 6 aromatic heterocycles. The fraction of sp³-hybridized carbons (Fsp3) is 0.227. The molecule has 0 saturated carbocycles. The van der Waals surface area contributed by atoms with E-state index in [2.05, 4.69) is 71.1 Å². The highest BCUT2D eigenvalue weighted by molar-refractivity contribution is 6.34. The summed E-state index contributed by atoms with van der Waals surface area (Å²) in [6, 6.07) is 24.2. The van der Waals surface area contributed by atoms with Gasteiger partial charge in [0.1, 0.15) is 11.6 Å². The lowest BCUT2D eigenvalue weighted by atomic mass is 10.2. The second kappa shape index (κ2) is 15.4. The summed E-state index contributed by atoms with van der Waals surface area (Å²) in [7, 11) is 0. The Morgan fingerprint density at radius 1 is 0.571 bits per heavy atom. The topological polar surface area (TPSA) is 93.7 Å². The van der Waals surface area contributed by atoms with Gasteiger partial charge in [0.05, 0.1) is 55.9 Å². The van der Waals surface area contributed by atoms with Gasteiger partial charge in [-0.3, -0.25) is 9.97 Å². The second-order valence-corrected chi connectivity index (χ2v) is 14.9. The Morgan fingerprint density at radius 2 is 1.11 bits per heavy atom. The average molecular weight is 782 g/mol. The molecular formula is C44H42Cl2N10. The molecule has 6 heterocycles. The van der Waals surface area contributed by atoms with E-state index in [9.17, 15) is 0 Å². The van der Waals surface area contributed by atoms with Crippen LogP contribution in [-0.4, -0.2) is 39.0 Å². The number of pyridine rings is 4. The van der Waals surface area contributed by atoms with E-state index in [1.807, 2.05) is 84.8 Å². The van der Waals surface area contributed by atoms with Crippen LogP contribution in [0.4, 0.5) is 23.0 Å². The van der Waals surface area contributed by atoms with E-state index < -0.39 is 0 Å². The first kappa shape index (κ1) is 37.1. The highest BCUT2D eigenvalue weighted by Crippen LogP contribution is 2.42. The highest BCUT2D eigenvalue weighted by Gasteiger charge is 2.29. The lowest BCUT2D eigenvalue weighted by Crippen LogP contribution is -2.37. The van der Waals surface area contributed by atoms with Crippen LogP contribution in [0, 0.1) is 27.7 Å². The van der Waals surface area contributed by atoms with Gasteiger partial charge in [-0.1, -0.05) is 61.3 Å². The van der Waals surface area contributed by atoms with Gasteiger partial charge in [-0.2, -0.15) is 0 Å². The zero-order chi connectivity index (χ0) is 39.1. The molecule has 0 saturated heterocycles. The van der Waals surface area contributed by atoms with Crippen LogP contribution in [0.15, 0.2) is 97.6 Å². The van der Waals surface area contributed by atoms with E-state index in [-0.39, 0.29) is 0 Å². The minimum atomic E-state index is 0.399. The van der Waals surface area contributed by atoms with Crippen molar-refractivity contribution in [1.29, 1.82) is 0 Å². The fourth-order valence-electron chi connectivity index (χ4n) is 7.24. The standard InChI is InChI=1S/C44H42Cl2N10/c1-7-19-53-38-14-10-11-27(3)39(38)52-42(53)32-22-36(46)44(50-24-32)56(34-18-16-30(6)48-26-34)55(33-17-15-29(5)47-25-33)43-35(45)21-31(23-49-43)41-51-37-13-9-12-28(4)40(37)54(41)20-8-2/h9-18,21-26H,7-8,19-20H2,1-6H3. The summed E-state index contributed by atoms with van der Waals surface area (Å²) in [6.07, 6.45) is 9.12. The number of aromatic nitrogens is 8. The average Bonchev–Trinajstić information content (AvgIpc) is 3.76. The summed E-state index contributed by atoms with van der Waals surface area (Å²) in [5, 5.41) is 4.56. The molecule has 8 aromatic rings. The van der Waals surface area contributed by atoms with Crippen LogP contribution in [0.2, 0.25) is 10.0 Å². The molecule has 0 unspecified atom stereocenters.